The minimum absolute atomic E-state index is 0. The zero-order valence-corrected chi connectivity index (χ0v) is 29.1. The van der Waals surface area contributed by atoms with Crippen molar-refractivity contribution >= 4 is 63.3 Å². The fourth-order valence-corrected chi connectivity index (χ4v) is 7.34. The van der Waals surface area contributed by atoms with Gasteiger partial charge in [-0.25, -0.2) is 4.98 Å². The molecule has 1 radical (unpaired) electrons. The average molecular weight is 758 g/mol. The van der Waals surface area contributed by atoms with Crippen LogP contribution in [0.15, 0.2) is 60.5 Å². The Labute approximate surface area is 262 Å². The van der Waals surface area contributed by atoms with Crippen LogP contribution in [0.5, 0.6) is 0 Å². The van der Waals surface area contributed by atoms with Crippen molar-refractivity contribution in [3.63, 3.8) is 0 Å². The first-order valence-electron chi connectivity index (χ1n) is 14.9. The molecule has 0 aliphatic carbocycles. The third-order valence-corrected chi connectivity index (χ3v) is 10.1. The summed E-state index contributed by atoms with van der Waals surface area (Å²) >= 11 is 0. The van der Waals surface area contributed by atoms with Crippen molar-refractivity contribution < 1.29 is 30.0 Å². The van der Waals surface area contributed by atoms with Gasteiger partial charge in [-0.2, -0.15) is 0 Å². The zero-order valence-electron chi connectivity index (χ0n) is 25.7. The van der Waals surface area contributed by atoms with Crippen molar-refractivity contribution in [1.29, 1.82) is 0 Å². The number of allylic oxidation sites excluding steroid dienone is 2. The van der Waals surface area contributed by atoms with E-state index in [9.17, 15) is 9.90 Å². The average Bonchev–Trinajstić information content (AvgIpc) is 3.51. The summed E-state index contributed by atoms with van der Waals surface area (Å²) in [5, 5.41) is 14.6. The maximum absolute atomic E-state index is 11.7. The normalized spacial score (nSPS) is 12.6. The second-order valence-electron chi connectivity index (χ2n) is 12.0. The van der Waals surface area contributed by atoms with Crippen LogP contribution in [-0.4, -0.2) is 37.7 Å². The van der Waals surface area contributed by atoms with Gasteiger partial charge < -0.3 is 13.9 Å². The van der Waals surface area contributed by atoms with Gasteiger partial charge >= 0.3 is 0 Å². The number of fused-ring (bicyclic) bond motifs is 5. The number of nitrogens with zero attached hydrogens (tertiary/aromatic N) is 4. The molecule has 6 aromatic rings. The molecule has 4 aromatic heterocycles. The number of para-hydroxylation sites is 1. The molecule has 0 saturated heterocycles. The third-order valence-electron chi connectivity index (χ3n) is 8.37. The van der Waals surface area contributed by atoms with Gasteiger partial charge in [0.15, 0.2) is 5.78 Å². The Balaban J connectivity index is 0.000000221. The molecule has 42 heavy (non-hydrogen) atoms. The van der Waals surface area contributed by atoms with Gasteiger partial charge in [0.05, 0.1) is 16.7 Å². The quantitative estimate of drug-likeness (QED) is 0.0561. The van der Waals surface area contributed by atoms with E-state index in [1.165, 1.54) is 38.8 Å². The number of hydrogen-bond donors (Lipinski definition) is 1. The first-order valence-corrected chi connectivity index (χ1v) is 18.4. The van der Waals surface area contributed by atoms with Crippen LogP contribution in [0.25, 0.3) is 44.1 Å². The first-order chi connectivity index (χ1) is 19.7. The van der Waals surface area contributed by atoms with Crippen LogP contribution in [-0.2, 0) is 24.9 Å². The van der Waals surface area contributed by atoms with Crippen LogP contribution in [0, 0.1) is 17.9 Å². The molecule has 8 heteroatoms. The SMILES string of the molecule is CCC(CC)C(=O)/C=C(\O)C(CC)CC.C[Si](C)(C)c1nc2ccnc3c4[c-]ccc5c6ccccc6n(c45)c1n23.[Ir]. The second-order valence-corrected chi connectivity index (χ2v) is 16.9. The molecule has 0 saturated carbocycles. The molecule has 0 unspecified atom stereocenters. The van der Waals surface area contributed by atoms with Crippen LogP contribution >= 0.6 is 0 Å². The van der Waals surface area contributed by atoms with Gasteiger partial charge in [0, 0.05) is 49.7 Å². The van der Waals surface area contributed by atoms with Gasteiger partial charge in [-0.15, -0.1) is 18.2 Å². The van der Waals surface area contributed by atoms with Crippen molar-refractivity contribution in [3.05, 3.63) is 66.6 Å². The number of aliphatic hydroxyl groups is 1. The maximum atomic E-state index is 11.7. The number of hydrogen-bond acceptors (Lipinski definition) is 4. The van der Waals surface area contributed by atoms with E-state index < -0.39 is 8.07 Å². The predicted octanol–water partition coefficient (Wildman–Crippen LogP) is 8.09. The van der Waals surface area contributed by atoms with Crippen molar-refractivity contribution in [2.24, 2.45) is 11.8 Å². The number of rotatable bonds is 8. The topological polar surface area (TPSA) is 71.9 Å². The van der Waals surface area contributed by atoms with E-state index in [0.29, 0.717) is 0 Å². The molecule has 0 amide bonds. The Bertz CT molecular complexity index is 1870. The monoisotopic (exact) mass is 758 g/mol. The number of carbonyl (C=O) groups excluding carboxylic acids is 1. The molecular formula is C34H41IrN4O2Si-. The van der Waals surface area contributed by atoms with E-state index in [1.807, 2.05) is 46.0 Å². The Kier molecular flexibility index (Phi) is 9.61. The van der Waals surface area contributed by atoms with E-state index in [0.717, 1.165) is 42.4 Å². The Morgan fingerprint density at radius 3 is 2.26 bits per heavy atom. The molecular weight excluding hydrogens is 717 g/mol. The van der Waals surface area contributed by atoms with E-state index >= 15 is 0 Å². The molecule has 6 nitrogen and oxygen atoms in total. The fourth-order valence-electron chi connectivity index (χ4n) is 5.99. The number of imidazole rings is 1. The molecule has 6 rings (SSSR count). The van der Waals surface area contributed by atoms with Gasteiger partial charge in [0.2, 0.25) is 0 Å². The van der Waals surface area contributed by atoms with E-state index in [2.05, 4.69) is 64.8 Å². The Hall–Kier alpha value is -3.06. The van der Waals surface area contributed by atoms with Crippen molar-refractivity contribution in [2.45, 2.75) is 73.0 Å². The molecule has 0 aliphatic heterocycles. The number of carbonyl (C=O) groups is 1. The van der Waals surface area contributed by atoms with Crippen LogP contribution in [0.1, 0.15) is 53.4 Å². The molecule has 0 bridgehead atoms. The second kappa shape index (κ2) is 12.7. The van der Waals surface area contributed by atoms with Crippen LogP contribution in [0.4, 0.5) is 0 Å². The number of benzene rings is 2. The standard InChI is InChI=1S/C21H17N4Si.C13H24O2.Ir/c1-26(2,3)20-21-24-16-10-5-4-7-13(16)14-8-6-9-15(18(14)24)19-22-12-11-17(23-20)25(19)21;1-5-10(6-2)12(14)9-13(15)11(7-3)8-4;/h4-8,10-12H,1-3H3;9-11,14H,5-8H2,1-4H3;/q-1;;/b;12-9-;. The van der Waals surface area contributed by atoms with E-state index in [-0.39, 0.29) is 43.5 Å². The predicted molar refractivity (Wildman–Crippen MR) is 173 cm³/mol. The van der Waals surface area contributed by atoms with Crippen molar-refractivity contribution in [1.82, 2.24) is 18.8 Å². The fraction of sp³-hybridized carbons (Fsp3) is 0.382. The minimum atomic E-state index is -1.66. The summed E-state index contributed by atoms with van der Waals surface area (Å²) in [4.78, 5) is 21.5. The third kappa shape index (κ3) is 5.41. The molecule has 4 heterocycles. The summed E-state index contributed by atoms with van der Waals surface area (Å²) in [7, 11) is -1.66. The molecule has 1 N–H and O–H groups in total. The smallest absolute Gasteiger partial charge is 0.162 e. The number of aromatic nitrogens is 4. The van der Waals surface area contributed by atoms with Crippen molar-refractivity contribution in [3.8, 4) is 0 Å². The number of aliphatic hydroxyl groups excluding tert-OH is 1. The molecule has 2 aromatic carbocycles. The molecule has 223 valence electrons. The zero-order chi connectivity index (χ0) is 29.5. The molecule has 0 atom stereocenters. The summed E-state index contributed by atoms with van der Waals surface area (Å²) in [6, 6.07) is 18.2. The summed E-state index contributed by atoms with van der Waals surface area (Å²) in [5.74, 6) is 0.547. The van der Waals surface area contributed by atoms with E-state index in [4.69, 9.17) is 9.97 Å². The van der Waals surface area contributed by atoms with Gasteiger partial charge in [-0.3, -0.25) is 9.78 Å². The molecule has 0 spiro atoms. The van der Waals surface area contributed by atoms with Crippen LogP contribution < -0.4 is 5.32 Å². The summed E-state index contributed by atoms with van der Waals surface area (Å²) in [5.41, 5.74) is 5.49. The minimum Gasteiger partial charge on any atom is -0.512 e. The largest absolute Gasteiger partial charge is 0.512 e. The van der Waals surface area contributed by atoms with Gasteiger partial charge in [-0.05, 0) is 48.7 Å². The number of ketones is 1. The van der Waals surface area contributed by atoms with E-state index in [1.54, 1.807) is 0 Å². The van der Waals surface area contributed by atoms with Gasteiger partial charge in [0.25, 0.3) is 0 Å². The molecule has 0 aliphatic rings. The van der Waals surface area contributed by atoms with Crippen LogP contribution in [0.2, 0.25) is 19.6 Å². The maximum Gasteiger partial charge on any atom is 0.162 e. The summed E-state index contributed by atoms with van der Waals surface area (Å²) < 4.78 is 4.61. The Morgan fingerprint density at radius 2 is 1.62 bits per heavy atom. The van der Waals surface area contributed by atoms with Gasteiger partial charge in [-0.1, -0.05) is 76.3 Å². The Morgan fingerprint density at radius 1 is 0.952 bits per heavy atom. The van der Waals surface area contributed by atoms with Crippen molar-refractivity contribution in [2.75, 3.05) is 0 Å². The van der Waals surface area contributed by atoms with Crippen LogP contribution in [0.3, 0.4) is 0 Å². The summed E-state index contributed by atoms with van der Waals surface area (Å²) in [6.07, 6.45) is 6.77. The first kappa shape index (κ1) is 31.9. The summed E-state index contributed by atoms with van der Waals surface area (Å²) in [6.45, 7) is 15.1. The molecule has 0 fully saturated rings. The van der Waals surface area contributed by atoms with Gasteiger partial charge in [0.1, 0.15) is 19.4 Å².